The van der Waals surface area contributed by atoms with Gasteiger partial charge in [-0.3, -0.25) is 0 Å². The molecule has 1 N–H and O–H groups in total. The fourth-order valence-electron chi connectivity index (χ4n) is 3.22. The third-order valence-corrected chi connectivity index (χ3v) is 4.53. The normalized spacial score (nSPS) is 12.5. The minimum absolute atomic E-state index is 0.332. The lowest BCUT2D eigenvalue weighted by atomic mass is 9.97. The lowest BCUT2D eigenvalue weighted by Gasteiger charge is -2.23. The molecule has 0 spiro atoms. The number of hydrogen-bond donors (Lipinski definition) is 1. The molecule has 2 aromatic rings. The van der Waals surface area contributed by atoms with Crippen molar-refractivity contribution in [2.45, 2.75) is 71.5 Å². The molecule has 0 amide bonds. The summed E-state index contributed by atoms with van der Waals surface area (Å²) in [6.45, 7) is 7.61. The summed E-state index contributed by atoms with van der Waals surface area (Å²) in [6, 6.07) is 7.44. The van der Waals surface area contributed by atoms with Gasteiger partial charge in [-0.05, 0) is 36.5 Å². The molecule has 2 rings (SSSR count). The maximum Gasteiger partial charge on any atom is 0.122 e. The maximum atomic E-state index is 5.58. The molecule has 1 aromatic carbocycles. The number of nitrogens with zero attached hydrogens (tertiary/aromatic N) is 2. The fraction of sp³-hybridized carbons (Fsp3) is 0.571. The minimum Gasteiger partial charge on any atom is -0.496 e. The van der Waals surface area contributed by atoms with Crippen LogP contribution in [0.25, 0.3) is 0 Å². The molecule has 1 atom stereocenters. The van der Waals surface area contributed by atoms with E-state index in [2.05, 4.69) is 53.8 Å². The first-order valence-electron chi connectivity index (χ1n) is 9.52. The lowest BCUT2D eigenvalue weighted by molar-refractivity contribution is 0.405. The van der Waals surface area contributed by atoms with Gasteiger partial charge < -0.3 is 14.6 Å². The van der Waals surface area contributed by atoms with Crippen molar-refractivity contribution in [3.63, 3.8) is 0 Å². The molecule has 4 heteroatoms. The molecule has 0 radical (unpaired) electrons. The first-order chi connectivity index (χ1) is 12.1. The van der Waals surface area contributed by atoms with E-state index in [9.17, 15) is 0 Å². The smallest absolute Gasteiger partial charge is 0.122 e. The van der Waals surface area contributed by atoms with Gasteiger partial charge in [0, 0.05) is 31.0 Å². The summed E-state index contributed by atoms with van der Waals surface area (Å²) >= 11 is 0. The molecule has 0 aliphatic heterocycles. The predicted molar refractivity (Wildman–Crippen MR) is 104 cm³/mol. The second-order valence-corrected chi connectivity index (χ2v) is 6.99. The maximum absolute atomic E-state index is 5.58. The molecule has 1 heterocycles. The number of methoxy groups -OCH3 is 1. The highest BCUT2D eigenvalue weighted by molar-refractivity contribution is 5.38. The molecule has 1 unspecified atom stereocenters. The van der Waals surface area contributed by atoms with Gasteiger partial charge in [0.2, 0.25) is 0 Å². The zero-order valence-electron chi connectivity index (χ0n) is 16.2. The molecule has 0 saturated heterocycles. The first-order valence-corrected chi connectivity index (χ1v) is 9.52. The second-order valence-electron chi connectivity index (χ2n) is 6.99. The van der Waals surface area contributed by atoms with Crippen LogP contribution in [-0.2, 0) is 13.0 Å². The van der Waals surface area contributed by atoms with Gasteiger partial charge in [0.15, 0.2) is 0 Å². The summed E-state index contributed by atoms with van der Waals surface area (Å²) in [5.41, 5.74) is 2.67. The van der Waals surface area contributed by atoms with Gasteiger partial charge in [0.25, 0.3) is 0 Å². The second kappa shape index (κ2) is 10.2. The van der Waals surface area contributed by atoms with Crippen molar-refractivity contribution in [3.8, 4) is 5.75 Å². The number of hydrogen-bond acceptors (Lipinski definition) is 3. The number of imidazole rings is 1. The van der Waals surface area contributed by atoms with E-state index in [4.69, 9.17) is 4.74 Å². The Bertz CT molecular complexity index is 608. The molecule has 138 valence electrons. The average Bonchev–Trinajstić information content (AvgIpc) is 3.12. The Morgan fingerprint density at radius 1 is 1.24 bits per heavy atom. The predicted octanol–water partition coefficient (Wildman–Crippen LogP) is 4.75. The van der Waals surface area contributed by atoms with Crippen molar-refractivity contribution < 1.29 is 4.74 Å². The van der Waals surface area contributed by atoms with Crippen LogP contribution in [0.4, 0.5) is 0 Å². The molecule has 0 aliphatic rings. The van der Waals surface area contributed by atoms with Gasteiger partial charge in [-0.1, -0.05) is 45.7 Å². The van der Waals surface area contributed by atoms with Crippen LogP contribution in [0.15, 0.2) is 36.9 Å². The van der Waals surface area contributed by atoms with Crippen molar-refractivity contribution in [3.05, 3.63) is 48.0 Å². The van der Waals surface area contributed by atoms with E-state index in [1.807, 2.05) is 18.7 Å². The quantitative estimate of drug-likeness (QED) is 0.598. The molecular weight excluding hydrogens is 310 g/mol. The zero-order chi connectivity index (χ0) is 18.1. The molecule has 0 fully saturated rings. The Morgan fingerprint density at radius 3 is 2.72 bits per heavy atom. The van der Waals surface area contributed by atoms with Gasteiger partial charge in [-0.15, -0.1) is 0 Å². The Balaban J connectivity index is 2.14. The monoisotopic (exact) mass is 343 g/mol. The van der Waals surface area contributed by atoms with Crippen LogP contribution >= 0.6 is 0 Å². The van der Waals surface area contributed by atoms with Crippen LogP contribution in [0.5, 0.6) is 5.75 Å². The number of nitrogens with one attached hydrogen (secondary N) is 1. The van der Waals surface area contributed by atoms with Crippen LogP contribution < -0.4 is 10.1 Å². The molecule has 0 saturated carbocycles. The van der Waals surface area contributed by atoms with E-state index in [-0.39, 0.29) is 0 Å². The van der Waals surface area contributed by atoms with Crippen LogP contribution in [-0.4, -0.2) is 22.7 Å². The van der Waals surface area contributed by atoms with Gasteiger partial charge in [-0.2, -0.15) is 0 Å². The largest absolute Gasteiger partial charge is 0.496 e. The standard InChI is InChI=1S/C21H33N3O/c1-5-6-7-8-19-15-18(9-10-21(19)25-4)20(23-17(2)3)11-13-24-14-12-22-16-24/h9-10,12,14-17,20,23H,5-8,11,13H2,1-4H3. The molecule has 0 bridgehead atoms. The van der Waals surface area contributed by atoms with E-state index in [1.54, 1.807) is 7.11 Å². The number of aryl methyl sites for hydroxylation is 2. The summed E-state index contributed by atoms with van der Waals surface area (Å²) in [5.74, 6) is 1.01. The van der Waals surface area contributed by atoms with Crippen molar-refractivity contribution in [1.82, 2.24) is 14.9 Å². The van der Waals surface area contributed by atoms with Crippen molar-refractivity contribution in [1.29, 1.82) is 0 Å². The Morgan fingerprint density at radius 2 is 2.08 bits per heavy atom. The van der Waals surface area contributed by atoms with Crippen molar-refractivity contribution >= 4 is 0 Å². The summed E-state index contributed by atoms with van der Waals surface area (Å²) in [6.07, 6.45) is 11.6. The van der Waals surface area contributed by atoms with Crippen molar-refractivity contribution in [2.75, 3.05) is 7.11 Å². The third-order valence-electron chi connectivity index (χ3n) is 4.53. The average molecular weight is 344 g/mol. The van der Waals surface area contributed by atoms with E-state index >= 15 is 0 Å². The van der Waals surface area contributed by atoms with Crippen LogP contribution in [0.3, 0.4) is 0 Å². The van der Waals surface area contributed by atoms with Gasteiger partial charge in [0.1, 0.15) is 5.75 Å². The lowest BCUT2D eigenvalue weighted by Crippen LogP contribution is -2.29. The topological polar surface area (TPSA) is 39.1 Å². The summed E-state index contributed by atoms with van der Waals surface area (Å²) in [4.78, 5) is 4.14. The fourth-order valence-corrected chi connectivity index (χ4v) is 3.22. The Labute approximate surface area is 152 Å². The highest BCUT2D eigenvalue weighted by Crippen LogP contribution is 2.27. The van der Waals surface area contributed by atoms with Gasteiger partial charge in [-0.25, -0.2) is 4.98 Å². The van der Waals surface area contributed by atoms with Crippen LogP contribution in [0, 0.1) is 0 Å². The molecule has 0 aliphatic carbocycles. The van der Waals surface area contributed by atoms with Crippen LogP contribution in [0.1, 0.15) is 63.6 Å². The summed E-state index contributed by atoms with van der Waals surface area (Å²) in [5, 5.41) is 3.72. The highest BCUT2D eigenvalue weighted by Gasteiger charge is 2.15. The summed E-state index contributed by atoms with van der Waals surface area (Å²) < 4.78 is 7.72. The van der Waals surface area contributed by atoms with Crippen LogP contribution in [0.2, 0.25) is 0 Å². The first kappa shape index (κ1) is 19.5. The van der Waals surface area contributed by atoms with Gasteiger partial charge >= 0.3 is 0 Å². The molecule has 1 aromatic heterocycles. The SMILES string of the molecule is CCCCCc1cc(C(CCn2ccnc2)NC(C)C)ccc1OC. The molecular formula is C21H33N3O. The van der Waals surface area contributed by atoms with E-state index in [0.717, 1.165) is 25.1 Å². The van der Waals surface area contributed by atoms with Gasteiger partial charge in [0.05, 0.1) is 13.4 Å². The molecule has 25 heavy (non-hydrogen) atoms. The number of unbranched alkanes of at least 4 members (excludes halogenated alkanes) is 2. The number of ether oxygens (including phenoxy) is 1. The minimum atomic E-state index is 0.332. The Kier molecular flexibility index (Phi) is 7.99. The van der Waals surface area contributed by atoms with E-state index < -0.39 is 0 Å². The highest BCUT2D eigenvalue weighted by atomic mass is 16.5. The number of rotatable bonds is 11. The third kappa shape index (κ3) is 6.20. The zero-order valence-corrected chi connectivity index (χ0v) is 16.2. The van der Waals surface area contributed by atoms with E-state index in [1.165, 1.54) is 30.4 Å². The van der Waals surface area contributed by atoms with E-state index in [0.29, 0.717) is 12.1 Å². The molecule has 4 nitrogen and oxygen atoms in total. The Hall–Kier alpha value is -1.81. The number of aromatic nitrogens is 2. The number of benzene rings is 1. The van der Waals surface area contributed by atoms with Crippen molar-refractivity contribution in [2.24, 2.45) is 0 Å². The summed E-state index contributed by atoms with van der Waals surface area (Å²) in [7, 11) is 1.77.